The van der Waals surface area contributed by atoms with Gasteiger partial charge in [0.05, 0.1) is 25.4 Å². The Morgan fingerprint density at radius 3 is 1.90 bits per heavy atom. The van der Waals surface area contributed by atoms with Crippen LogP contribution in [0.4, 0.5) is 0 Å². The van der Waals surface area contributed by atoms with Crippen molar-refractivity contribution in [3.05, 3.63) is 132 Å². The van der Waals surface area contributed by atoms with Gasteiger partial charge in [-0.15, -0.1) is 0 Å². The first-order valence-corrected chi connectivity index (χ1v) is 10.4. The molecule has 1 aliphatic carbocycles. The van der Waals surface area contributed by atoms with Crippen LogP contribution in [0.2, 0.25) is 0 Å². The summed E-state index contributed by atoms with van der Waals surface area (Å²) < 4.78 is 10.7. The highest BCUT2D eigenvalue weighted by molar-refractivity contribution is 5.87. The van der Waals surface area contributed by atoms with E-state index in [0.29, 0.717) is 5.76 Å². The van der Waals surface area contributed by atoms with E-state index >= 15 is 0 Å². The molecule has 2 aromatic rings. The van der Waals surface area contributed by atoms with Crippen molar-refractivity contribution in [1.82, 2.24) is 0 Å². The van der Waals surface area contributed by atoms with Gasteiger partial charge in [-0.2, -0.15) is 0 Å². The van der Waals surface area contributed by atoms with Crippen molar-refractivity contribution in [3.63, 3.8) is 0 Å². The third-order valence-electron chi connectivity index (χ3n) is 5.88. The van der Waals surface area contributed by atoms with Crippen LogP contribution >= 0.6 is 0 Å². The molecule has 0 radical (unpaired) electrons. The lowest BCUT2D eigenvalue weighted by Gasteiger charge is -2.35. The molecule has 0 N–H and O–H groups in total. The molecule has 31 heavy (non-hydrogen) atoms. The van der Waals surface area contributed by atoms with Crippen LogP contribution in [0.25, 0.3) is 11.1 Å². The largest absolute Gasteiger partial charge is 0.501 e. The predicted octanol–water partition coefficient (Wildman–Crippen LogP) is 7.28. The van der Waals surface area contributed by atoms with Crippen LogP contribution in [0.3, 0.4) is 0 Å². The molecule has 2 nitrogen and oxygen atoms in total. The Morgan fingerprint density at radius 1 is 0.839 bits per heavy atom. The summed E-state index contributed by atoms with van der Waals surface area (Å²) in [6, 6.07) is 17.2. The van der Waals surface area contributed by atoms with Gasteiger partial charge in [-0.25, -0.2) is 0 Å². The van der Waals surface area contributed by atoms with Crippen LogP contribution in [0.1, 0.15) is 25.0 Å². The summed E-state index contributed by atoms with van der Waals surface area (Å²) in [5, 5.41) is 0. The molecule has 0 atom stereocenters. The maximum atomic E-state index is 5.39. The molecule has 3 rings (SSSR count). The summed E-state index contributed by atoms with van der Waals surface area (Å²) >= 11 is 0. The minimum absolute atomic E-state index is 0.515. The molecule has 0 unspecified atom stereocenters. The van der Waals surface area contributed by atoms with E-state index in [1.807, 2.05) is 25.2 Å². The Labute approximate surface area is 186 Å². The molecule has 158 valence electrons. The molecule has 0 saturated heterocycles. The second-order valence-corrected chi connectivity index (χ2v) is 7.40. The van der Waals surface area contributed by atoms with E-state index in [4.69, 9.17) is 9.47 Å². The van der Waals surface area contributed by atoms with Gasteiger partial charge >= 0.3 is 0 Å². The van der Waals surface area contributed by atoms with Crippen molar-refractivity contribution in [2.24, 2.45) is 0 Å². The molecule has 1 aliphatic rings. The first-order valence-electron chi connectivity index (χ1n) is 10.4. The van der Waals surface area contributed by atoms with Crippen molar-refractivity contribution in [2.45, 2.75) is 19.3 Å². The Kier molecular flexibility index (Phi) is 6.81. The topological polar surface area (TPSA) is 18.5 Å². The van der Waals surface area contributed by atoms with Crippen LogP contribution in [-0.2, 0) is 14.9 Å². The highest BCUT2D eigenvalue weighted by atomic mass is 16.5. The van der Waals surface area contributed by atoms with Crippen LogP contribution < -0.4 is 0 Å². The quantitative estimate of drug-likeness (QED) is 0.336. The van der Waals surface area contributed by atoms with E-state index in [2.05, 4.69) is 86.8 Å². The van der Waals surface area contributed by atoms with E-state index in [9.17, 15) is 0 Å². The maximum Gasteiger partial charge on any atom is 0.111 e. The lowest BCUT2D eigenvalue weighted by atomic mass is 9.66. The molecule has 0 saturated carbocycles. The number of hydrogen-bond acceptors (Lipinski definition) is 2. The van der Waals surface area contributed by atoms with Crippen molar-refractivity contribution in [3.8, 4) is 11.1 Å². The average Bonchev–Trinajstić information content (AvgIpc) is 3.11. The molecular formula is C29H30O2. The molecule has 0 aromatic heterocycles. The number of fused-ring (bicyclic) bond motifs is 3. The third kappa shape index (κ3) is 3.82. The van der Waals surface area contributed by atoms with E-state index in [1.165, 1.54) is 22.3 Å². The summed E-state index contributed by atoms with van der Waals surface area (Å²) in [7, 11) is 3.31. The summed E-state index contributed by atoms with van der Waals surface area (Å²) in [6.45, 7) is 12.2. The zero-order valence-electron chi connectivity index (χ0n) is 18.8. The minimum atomic E-state index is -0.515. The molecule has 0 spiro atoms. The average molecular weight is 411 g/mol. The summed E-state index contributed by atoms with van der Waals surface area (Å²) in [4.78, 5) is 0. The van der Waals surface area contributed by atoms with E-state index in [-0.39, 0.29) is 0 Å². The molecule has 2 aromatic carbocycles. The van der Waals surface area contributed by atoms with Crippen LogP contribution in [0.15, 0.2) is 121 Å². The van der Waals surface area contributed by atoms with Crippen molar-refractivity contribution < 1.29 is 9.47 Å². The molecule has 0 amide bonds. The SMILES string of the molecule is C=C/C(=C\C=C(/C)OC)C1(C(/C=C\C(=C)OC)=C/C)c2ccccc2-c2ccccc21. The lowest BCUT2D eigenvalue weighted by molar-refractivity contribution is 0.293. The summed E-state index contributed by atoms with van der Waals surface area (Å²) in [5.41, 5.74) is 6.60. The first-order chi connectivity index (χ1) is 15.0. The highest BCUT2D eigenvalue weighted by Crippen LogP contribution is 2.57. The molecule has 0 heterocycles. The Balaban J connectivity index is 2.43. The van der Waals surface area contributed by atoms with Crippen molar-refractivity contribution >= 4 is 0 Å². The van der Waals surface area contributed by atoms with E-state index in [1.54, 1.807) is 14.2 Å². The monoisotopic (exact) mass is 410 g/mol. The molecular weight excluding hydrogens is 380 g/mol. The van der Waals surface area contributed by atoms with Gasteiger partial charge in [-0.3, -0.25) is 0 Å². The number of hydrogen-bond donors (Lipinski definition) is 0. The van der Waals surface area contributed by atoms with E-state index < -0.39 is 5.41 Å². The van der Waals surface area contributed by atoms with Crippen LogP contribution in [0.5, 0.6) is 0 Å². The standard InChI is InChI=1S/C29H30O2/c1-7-23(19-17-21(3)30-5)29(24(8-2)20-18-22(4)31-6)27-15-11-9-13-25(27)26-14-10-12-16-28(26)29/h7-20H,1,4H2,2-3,5-6H3/b20-18-,21-17+,23-19+,24-8+. The highest BCUT2D eigenvalue weighted by Gasteiger charge is 2.46. The minimum Gasteiger partial charge on any atom is -0.501 e. The van der Waals surface area contributed by atoms with Gasteiger partial charge in [0, 0.05) is 0 Å². The second-order valence-electron chi connectivity index (χ2n) is 7.40. The van der Waals surface area contributed by atoms with Gasteiger partial charge in [0.15, 0.2) is 0 Å². The summed E-state index contributed by atoms with van der Waals surface area (Å²) in [6.07, 6.45) is 12.2. The zero-order chi connectivity index (χ0) is 22.4. The Bertz CT molecular complexity index is 1060. The van der Waals surface area contributed by atoms with Crippen LogP contribution in [0, 0.1) is 0 Å². The fourth-order valence-corrected chi connectivity index (χ4v) is 4.33. The van der Waals surface area contributed by atoms with Gasteiger partial charge in [0.25, 0.3) is 0 Å². The number of benzene rings is 2. The Morgan fingerprint density at radius 2 is 1.42 bits per heavy atom. The van der Waals surface area contributed by atoms with Gasteiger partial charge in [-0.1, -0.05) is 86.0 Å². The fourth-order valence-electron chi connectivity index (χ4n) is 4.33. The lowest BCUT2D eigenvalue weighted by Crippen LogP contribution is -2.29. The molecule has 0 fully saturated rings. The smallest absolute Gasteiger partial charge is 0.111 e. The predicted molar refractivity (Wildman–Crippen MR) is 131 cm³/mol. The number of rotatable bonds is 8. The Hall–Kier alpha value is -3.52. The van der Waals surface area contributed by atoms with E-state index in [0.717, 1.165) is 16.9 Å². The zero-order valence-corrected chi connectivity index (χ0v) is 18.8. The van der Waals surface area contributed by atoms with Crippen molar-refractivity contribution in [2.75, 3.05) is 14.2 Å². The van der Waals surface area contributed by atoms with Gasteiger partial charge in [-0.05, 0) is 59.4 Å². The number of allylic oxidation sites excluding steroid dienone is 9. The molecule has 2 heteroatoms. The molecule has 0 bridgehead atoms. The third-order valence-corrected chi connectivity index (χ3v) is 5.88. The number of methoxy groups -OCH3 is 2. The van der Waals surface area contributed by atoms with Gasteiger partial charge in [0.1, 0.15) is 5.76 Å². The summed E-state index contributed by atoms with van der Waals surface area (Å²) in [5.74, 6) is 1.44. The first kappa shape index (κ1) is 22.2. The molecule has 0 aliphatic heterocycles. The second kappa shape index (κ2) is 9.53. The maximum absolute atomic E-state index is 5.39. The van der Waals surface area contributed by atoms with Gasteiger partial charge < -0.3 is 9.47 Å². The van der Waals surface area contributed by atoms with Gasteiger partial charge in [0.2, 0.25) is 0 Å². The number of ether oxygens (including phenoxy) is 2. The fraction of sp³-hybridized carbons (Fsp3) is 0.172. The normalized spacial score (nSPS) is 15.4. The van der Waals surface area contributed by atoms with Crippen LogP contribution in [-0.4, -0.2) is 14.2 Å². The van der Waals surface area contributed by atoms with Crippen molar-refractivity contribution in [1.29, 1.82) is 0 Å².